The lowest BCUT2D eigenvalue weighted by Gasteiger charge is -2.37. The van der Waals surface area contributed by atoms with Crippen LogP contribution in [0.25, 0.3) is 58.8 Å². The molecule has 0 amide bonds. The Morgan fingerprint density at radius 2 is 0.700 bits per heavy atom. The van der Waals surface area contributed by atoms with Crippen LogP contribution in [0.1, 0.15) is 22.3 Å². The number of thiophene rings is 1. The Bertz CT molecular complexity index is 3860. The molecule has 0 radical (unpaired) electrons. The second-order valence-corrected chi connectivity index (χ2v) is 23.2. The SMILES string of the molecule is c1ccc(-n2c3ccccc3c3cc(C(c4ccccc4)(c4ccc(-c5ccc([Si](c6ccccc6)(c6ccccc6)c6ccccc6)cc5)cc4)c4ccc5sc6ccccc6c5c4)ccc32)cc1. The van der Waals surface area contributed by atoms with Crippen LogP contribution < -0.4 is 20.7 Å². The molecule has 0 fully saturated rings. The second kappa shape index (κ2) is 17.3. The number of hydrogen-bond acceptors (Lipinski definition) is 1. The van der Waals surface area contributed by atoms with E-state index in [2.05, 4.69) is 290 Å². The van der Waals surface area contributed by atoms with E-state index in [1.165, 1.54) is 96.1 Å². The number of para-hydroxylation sites is 2. The van der Waals surface area contributed by atoms with Crippen molar-refractivity contribution in [3.63, 3.8) is 0 Å². The van der Waals surface area contributed by atoms with Gasteiger partial charge in [-0.15, -0.1) is 11.3 Å². The predicted octanol–water partition coefficient (Wildman–Crippen LogP) is 14.6. The van der Waals surface area contributed by atoms with Crippen LogP contribution in [0.15, 0.2) is 285 Å². The van der Waals surface area contributed by atoms with Crippen molar-refractivity contribution in [1.82, 2.24) is 4.57 Å². The fourth-order valence-electron chi connectivity index (χ4n) is 11.6. The molecule has 330 valence electrons. The molecule has 0 aliphatic carbocycles. The molecule has 3 heteroatoms. The number of benzene rings is 11. The quantitative estimate of drug-likeness (QED) is 0.0951. The summed E-state index contributed by atoms with van der Waals surface area (Å²) >= 11 is 1.87. The van der Waals surface area contributed by atoms with Gasteiger partial charge in [-0.2, -0.15) is 0 Å². The molecule has 1 atom stereocenters. The van der Waals surface area contributed by atoms with E-state index in [1.54, 1.807) is 0 Å². The molecule has 13 rings (SSSR count). The van der Waals surface area contributed by atoms with E-state index >= 15 is 0 Å². The molecular weight excluding hydrogens is 879 g/mol. The van der Waals surface area contributed by atoms with Crippen molar-refractivity contribution >= 4 is 82.1 Å². The van der Waals surface area contributed by atoms with E-state index < -0.39 is 13.5 Å². The molecule has 0 spiro atoms. The highest BCUT2D eigenvalue weighted by Gasteiger charge is 2.42. The Morgan fingerprint density at radius 3 is 1.31 bits per heavy atom. The molecule has 0 aliphatic heterocycles. The maximum absolute atomic E-state index is 2.66. The van der Waals surface area contributed by atoms with Crippen LogP contribution >= 0.6 is 11.3 Å². The summed E-state index contributed by atoms with van der Waals surface area (Å²) in [5.74, 6) is 0. The van der Waals surface area contributed by atoms with Gasteiger partial charge < -0.3 is 4.57 Å². The van der Waals surface area contributed by atoms with E-state index in [4.69, 9.17) is 0 Å². The summed E-state index contributed by atoms with van der Waals surface area (Å²) in [5, 5.41) is 10.5. The van der Waals surface area contributed by atoms with Crippen molar-refractivity contribution in [2.75, 3.05) is 0 Å². The maximum Gasteiger partial charge on any atom is 0.179 e. The predicted molar refractivity (Wildman–Crippen MR) is 301 cm³/mol. The first-order valence-electron chi connectivity index (χ1n) is 24.2. The summed E-state index contributed by atoms with van der Waals surface area (Å²) in [7, 11) is -2.66. The number of fused-ring (bicyclic) bond motifs is 6. The first-order valence-corrected chi connectivity index (χ1v) is 27.0. The molecule has 0 saturated heterocycles. The lowest BCUT2D eigenvalue weighted by molar-refractivity contribution is 0.748. The minimum Gasteiger partial charge on any atom is -0.309 e. The van der Waals surface area contributed by atoms with E-state index in [9.17, 15) is 0 Å². The van der Waals surface area contributed by atoms with Crippen LogP contribution in [0.5, 0.6) is 0 Å². The van der Waals surface area contributed by atoms with Gasteiger partial charge in [0.25, 0.3) is 0 Å². The number of nitrogens with zero attached hydrogens (tertiary/aromatic N) is 1. The smallest absolute Gasteiger partial charge is 0.179 e. The van der Waals surface area contributed by atoms with Gasteiger partial charge in [-0.05, 0) is 103 Å². The van der Waals surface area contributed by atoms with Crippen molar-refractivity contribution in [3.8, 4) is 16.8 Å². The van der Waals surface area contributed by atoms with Crippen LogP contribution in [0.2, 0.25) is 0 Å². The molecule has 0 bridgehead atoms. The molecule has 0 aliphatic rings. The van der Waals surface area contributed by atoms with Crippen molar-refractivity contribution in [1.29, 1.82) is 0 Å². The Kier molecular flexibility index (Phi) is 10.3. The number of hydrogen-bond donors (Lipinski definition) is 0. The molecule has 2 heterocycles. The Hall–Kier alpha value is -8.34. The normalized spacial score (nSPS) is 12.7. The van der Waals surface area contributed by atoms with Gasteiger partial charge in [0.05, 0.1) is 16.4 Å². The van der Waals surface area contributed by atoms with Gasteiger partial charge in [-0.25, -0.2) is 0 Å². The van der Waals surface area contributed by atoms with E-state index in [0.29, 0.717) is 0 Å². The monoisotopic (exact) mass is 925 g/mol. The Labute approximate surface area is 413 Å². The molecule has 70 heavy (non-hydrogen) atoms. The van der Waals surface area contributed by atoms with Crippen molar-refractivity contribution < 1.29 is 0 Å². The highest BCUT2D eigenvalue weighted by molar-refractivity contribution is 7.25. The average Bonchev–Trinajstić information content (AvgIpc) is 3.99. The third-order valence-corrected chi connectivity index (χ3v) is 20.7. The summed E-state index contributed by atoms with van der Waals surface area (Å²) in [6.45, 7) is 0. The lowest BCUT2D eigenvalue weighted by Crippen LogP contribution is -2.74. The standard InChI is InChI=1S/C67H47NSSi/c1-6-20-50(21-7-1)67(53-41-45-66-62(47-53)60-31-17-19-33-65(60)69-66,52-40-44-64-61(46-52)59-30-16-18-32-63(59)68(64)54-22-8-2-9-23-54)51-38-34-48(35-39-51)49-36-42-58(43-37-49)70(55-24-10-3-11-25-55,56-26-12-4-13-27-56)57-28-14-5-15-29-57/h1-47H. The summed E-state index contributed by atoms with van der Waals surface area (Å²) in [6, 6.07) is 107. The van der Waals surface area contributed by atoms with Gasteiger partial charge in [-0.3, -0.25) is 0 Å². The fourth-order valence-corrected chi connectivity index (χ4v) is 17.4. The molecule has 0 N–H and O–H groups in total. The third-order valence-electron chi connectivity index (χ3n) is 14.7. The maximum atomic E-state index is 2.48. The first-order chi connectivity index (χ1) is 34.7. The van der Waals surface area contributed by atoms with E-state index in [-0.39, 0.29) is 0 Å². The Balaban J connectivity index is 1.01. The molecule has 1 nitrogen and oxygen atoms in total. The summed E-state index contributed by atoms with van der Waals surface area (Å²) in [4.78, 5) is 0. The van der Waals surface area contributed by atoms with Crippen LogP contribution in [0, 0.1) is 0 Å². The zero-order chi connectivity index (χ0) is 46.5. The third kappa shape index (κ3) is 6.65. The Morgan fingerprint density at radius 1 is 0.286 bits per heavy atom. The molecule has 11 aromatic carbocycles. The van der Waals surface area contributed by atoms with Crippen molar-refractivity contribution in [2.45, 2.75) is 5.41 Å². The largest absolute Gasteiger partial charge is 0.309 e. The molecule has 13 aromatic rings. The van der Waals surface area contributed by atoms with Gasteiger partial charge in [0.2, 0.25) is 0 Å². The highest BCUT2D eigenvalue weighted by Crippen LogP contribution is 2.49. The molecule has 0 saturated carbocycles. The highest BCUT2D eigenvalue weighted by atomic mass is 32.1. The van der Waals surface area contributed by atoms with Gasteiger partial charge in [0.15, 0.2) is 8.07 Å². The fraction of sp³-hybridized carbons (Fsp3) is 0.0149. The number of aromatic nitrogens is 1. The van der Waals surface area contributed by atoms with E-state index in [0.717, 1.165) is 5.69 Å². The zero-order valence-electron chi connectivity index (χ0n) is 38.5. The van der Waals surface area contributed by atoms with Gasteiger partial charge in [-0.1, -0.05) is 237 Å². The first kappa shape index (κ1) is 41.8. The van der Waals surface area contributed by atoms with Crippen LogP contribution in [0.4, 0.5) is 0 Å². The molecular formula is C67H47NSSi. The summed E-state index contributed by atoms with van der Waals surface area (Å²) < 4.78 is 5.02. The van der Waals surface area contributed by atoms with Crippen molar-refractivity contribution in [3.05, 3.63) is 307 Å². The minimum atomic E-state index is -2.66. The minimum absolute atomic E-state index is 0.669. The second-order valence-electron chi connectivity index (χ2n) is 18.3. The van der Waals surface area contributed by atoms with Gasteiger partial charge >= 0.3 is 0 Å². The van der Waals surface area contributed by atoms with Crippen LogP contribution in [0.3, 0.4) is 0 Å². The summed E-state index contributed by atoms with van der Waals surface area (Å²) in [5.41, 5.74) is 10.2. The van der Waals surface area contributed by atoms with E-state index in [1.807, 2.05) is 11.3 Å². The zero-order valence-corrected chi connectivity index (χ0v) is 40.3. The lowest BCUT2D eigenvalue weighted by atomic mass is 9.64. The van der Waals surface area contributed by atoms with Crippen LogP contribution in [-0.2, 0) is 5.41 Å². The molecule has 2 aromatic heterocycles. The van der Waals surface area contributed by atoms with Gasteiger partial charge in [0, 0.05) is 36.6 Å². The van der Waals surface area contributed by atoms with Crippen LogP contribution in [-0.4, -0.2) is 12.6 Å². The summed E-state index contributed by atoms with van der Waals surface area (Å²) in [6.07, 6.45) is 0. The average molecular weight is 926 g/mol. The number of rotatable bonds is 10. The molecule has 1 unspecified atom stereocenters. The topological polar surface area (TPSA) is 4.93 Å². The van der Waals surface area contributed by atoms with Crippen molar-refractivity contribution in [2.24, 2.45) is 0 Å². The van der Waals surface area contributed by atoms with Gasteiger partial charge in [0.1, 0.15) is 0 Å².